The number of hydrogen-bond donors (Lipinski definition) is 1. The van der Waals surface area contributed by atoms with Gasteiger partial charge in [-0.15, -0.1) is 0 Å². The largest absolute Gasteiger partial charge is 0.338 e. The van der Waals surface area contributed by atoms with Crippen molar-refractivity contribution in [1.82, 2.24) is 0 Å². The van der Waals surface area contributed by atoms with Crippen LogP contribution >= 0.6 is 11.6 Å². The number of nitrogens with zero attached hydrogens (tertiary/aromatic N) is 1. The number of anilines is 3. The molecule has 1 aliphatic heterocycles. The van der Waals surface area contributed by atoms with Crippen molar-refractivity contribution in [3.63, 3.8) is 0 Å². The molecule has 0 bridgehead atoms. The van der Waals surface area contributed by atoms with Gasteiger partial charge in [-0.1, -0.05) is 35.4 Å². The van der Waals surface area contributed by atoms with E-state index >= 15 is 0 Å². The Morgan fingerprint density at radius 2 is 1.90 bits per heavy atom. The molecule has 0 unspecified atom stereocenters. The van der Waals surface area contributed by atoms with Crippen LogP contribution < -0.4 is 10.2 Å². The molecule has 0 aromatic heterocycles. The highest BCUT2D eigenvalue weighted by Crippen LogP contribution is 2.39. The van der Waals surface area contributed by atoms with Crippen LogP contribution in [0.25, 0.3) is 0 Å². The van der Waals surface area contributed by atoms with Crippen LogP contribution in [0.2, 0.25) is 5.02 Å². The molecule has 1 aliphatic rings. The lowest BCUT2D eigenvalue weighted by atomic mass is 10.2. The van der Waals surface area contributed by atoms with Gasteiger partial charge in [0.05, 0.1) is 16.4 Å². The summed E-state index contributed by atoms with van der Waals surface area (Å²) in [6.45, 7) is 2.67. The molecule has 1 N–H and O–H groups in total. The predicted octanol–water partition coefficient (Wildman–Crippen LogP) is 4.13. The molecule has 2 aromatic carbocycles. The minimum Gasteiger partial charge on any atom is -0.338 e. The number of carbonyl (C=O) groups is 1. The van der Waals surface area contributed by atoms with Gasteiger partial charge in [0.25, 0.3) is 0 Å². The van der Waals surface area contributed by atoms with E-state index in [1.807, 2.05) is 18.2 Å². The summed E-state index contributed by atoms with van der Waals surface area (Å²) >= 11 is 6.35. The number of amides is 1. The fourth-order valence-electron chi connectivity index (χ4n) is 2.41. The maximum atomic E-state index is 11.8. The summed E-state index contributed by atoms with van der Waals surface area (Å²) in [5.74, 6) is 0.0168. The average molecular weight is 287 g/mol. The van der Waals surface area contributed by atoms with E-state index in [4.69, 9.17) is 11.6 Å². The lowest BCUT2D eigenvalue weighted by Crippen LogP contribution is -2.19. The van der Waals surface area contributed by atoms with E-state index in [2.05, 4.69) is 41.4 Å². The minimum atomic E-state index is 0.0168. The Bertz CT molecular complexity index is 652. The van der Waals surface area contributed by atoms with E-state index in [-0.39, 0.29) is 5.91 Å². The highest BCUT2D eigenvalue weighted by molar-refractivity contribution is 6.34. The first-order valence-corrected chi connectivity index (χ1v) is 6.95. The topological polar surface area (TPSA) is 32.3 Å². The third kappa shape index (κ3) is 2.37. The van der Waals surface area contributed by atoms with E-state index in [0.29, 0.717) is 18.0 Å². The quantitative estimate of drug-likeness (QED) is 0.855. The summed E-state index contributed by atoms with van der Waals surface area (Å²) in [7, 11) is 0. The predicted molar refractivity (Wildman–Crippen MR) is 82.9 cm³/mol. The zero-order chi connectivity index (χ0) is 14.1. The molecule has 0 aliphatic carbocycles. The lowest BCUT2D eigenvalue weighted by molar-refractivity contribution is -0.115. The van der Waals surface area contributed by atoms with Crippen LogP contribution in [0.5, 0.6) is 0 Å². The second kappa shape index (κ2) is 5.17. The molecule has 20 heavy (non-hydrogen) atoms. The van der Waals surface area contributed by atoms with Crippen LogP contribution in [0, 0.1) is 6.92 Å². The van der Waals surface area contributed by atoms with Crippen molar-refractivity contribution in [3.8, 4) is 0 Å². The first-order chi connectivity index (χ1) is 9.65. The van der Waals surface area contributed by atoms with E-state index in [1.165, 1.54) is 5.56 Å². The molecule has 3 rings (SSSR count). The van der Waals surface area contributed by atoms with Gasteiger partial charge in [-0.3, -0.25) is 4.79 Å². The molecule has 2 aromatic rings. The number of carbonyl (C=O) groups excluding carboxylic acids is 1. The van der Waals surface area contributed by atoms with Crippen LogP contribution in [-0.4, -0.2) is 12.5 Å². The van der Waals surface area contributed by atoms with Crippen LogP contribution in [0.15, 0.2) is 42.5 Å². The summed E-state index contributed by atoms with van der Waals surface area (Å²) in [6.07, 6.45) is 0.443. The number of hydrogen-bond acceptors (Lipinski definition) is 2. The van der Waals surface area contributed by atoms with Gasteiger partial charge >= 0.3 is 0 Å². The van der Waals surface area contributed by atoms with Crippen LogP contribution in [0.4, 0.5) is 17.1 Å². The van der Waals surface area contributed by atoms with Crippen molar-refractivity contribution in [2.75, 3.05) is 16.8 Å². The fourth-order valence-corrected chi connectivity index (χ4v) is 2.69. The first-order valence-electron chi connectivity index (χ1n) is 6.58. The zero-order valence-electron chi connectivity index (χ0n) is 11.2. The lowest BCUT2D eigenvalue weighted by Gasteiger charge is -2.25. The standard InChI is InChI=1S/C16H15ClN2O/c1-11-5-7-12(8-6-11)19-10-9-15(20)18-14-4-2-3-13(17)16(14)19/h2-8H,9-10H2,1H3,(H,18,20). The van der Waals surface area contributed by atoms with Gasteiger partial charge in [0.2, 0.25) is 5.91 Å². The van der Waals surface area contributed by atoms with Crippen molar-refractivity contribution in [3.05, 3.63) is 53.1 Å². The fraction of sp³-hybridized carbons (Fsp3) is 0.188. The third-order valence-corrected chi connectivity index (χ3v) is 3.74. The second-order valence-electron chi connectivity index (χ2n) is 4.92. The minimum absolute atomic E-state index is 0.0168. The number of nitrogens with one attached hydrogen (secondary N) is 1. The summed E-state index contributed by atoms with van der Waals surface area (Å²) < 4.78 is 0. The maximum absolute atomic E-state index is 11.8. The molecule has 102 valence electrons. The molecule has 1 heterocycles. The molecular formula is C16H15ClN2O. The van der Waals surface area contributed by atoms with Gasteiger partial charge in [-0.25, -0.2) is 0 Å². The normalized spacial score (nSPS) is 14.5. The SMILES string of the molecule is Cc1ccc(N2CCC(=O)Nc3cccc(Cl)c32)cc1. The molecule has 3 nitrogen and oxygen atoms in total. The number of benzene rings is 2. The van der Waals surface area contributed by atoms with Crippen LogP contribution in [0.3, 0.4) is 0 Å². The van der Waals surface area contributed by atoms with Gasteiger partial charge in [-0.05, 0) is 31.2 Å². The van der Waals surface area contributed by atoms with Crippen molar-refractivity contribution in [1.29, 1.82) is 0 Å². The Hall–Kier alpha value is -2.00. The maximum Gasteiger partial charge on any atom is 0.226 e. The van der Waals surface area contributed by atoms with Crippen molar-refractivity contribution >= 4 is 34.6 Å². The molecular weight excluding hydrogens is 272 g/mol. The van der Waals surface area contributed by atoms with Crippen LogP contribution in [-0.2, 0) is 4.79 Å². The summed E-state index contributed by atoms with van der Waals surface area (Å²) in [6, 6.07) is 13.8. The Balaban J connectivity index is 2.12. The highest BCUT2D eigenvalue weighted by atomic mass is 35.5. The van der Waals surface area contributed by atoms with Crippen molar-refractivity contribution < 1.29 is 4.79 Å². The average Bonchev–Trinajstić information content (AvgIpc) is 2.59. The van der Waals surface area contributed by atoms with Gasteiger partial charge in [0.1, 0.15) is 0 Å². The number of para-hydroxylation sites is 1. The van der Waals surface area contributed by atoms with E-state index in [9.17, 15) is 4.79 Å². The monoisotopic (exact) mass is 286 g/mol. The number of fused-ring (bicyclic) bond motifs is 1. The van der Waals surface area contributed by atoms with Crippen molar-refractivity contribution in [2.45, 2.75) is 13.3 Å². The van der Waals surface area contributed by atoms with Gasteiger partial charge in [0.15, 0.2) is 0 Å². The molecule has 0 fully saturated rings. The number of rotatable bonds is 1. The van der Waals surface area contributed by atoms with Gasteiger partial charge in [-0.2, -0.15) is 0 Å². The second-order valence-corrected chi connectivity index (χ2v) is 5.33. The van der Waals surface area contributed by atoms with Crippen molar-refractivity contribution in [2.24, 2.45) is 0 Å². The van der Waals surface area contributed by atoms with Crippen LogP contribution in [0.1, 0.15) is 12.0 Å². The highest BCUT2D eigenvalue weighted by Gasteiger charge is 2.22. The third-order valence-electron chi connectivity index (χ3n) is 3.44. The van der Waals surface area contributed by atoms with Gasteiger partial charge in [0, 0.05) is 18.7 Å². The smallest absolute Gasteiger partial charge is 0.226 e. The van der Waals surface area contributed by atoms with E-state index in [0.717, 1.165) is 17.1 Å². The molecule has 0 atom stereocenters. The van der Waals surface area contributed by atoms with Gasteiger partial charge < -0.3 is 10.2 Å². The van der Waals surface area contributed by atoms with E-state index in [1.54, 1.807) is 0 Å². The Labute approximate surface area is 123 Å². The Kier molecular flexibility index (Phi) is 3.36. The Morgan fingerprint density at radius 1 is 1.15 bits per heavy atom. The number of halogens is 1. The summed E-state index contributed by atoms with van der Waals surface area (Å²) in [4.78, 5) is 13.9. The number of aryl methyl sites for hydroxylation is 1. The van der Waals surface area contributed by atoms with E-state index < -0.39 is 0 Å². The first kappa shape index (κ1) is 13.0. The molecule has 1 amide bonds. The molecule has 0 saturated carbocycles. The molecule has 0 radical (unpaired) electrons. The Morgan fingerprint density at radius 3 is 2.65 bits per heavy atom. The molecule has 0 saturated heterocycles. The zero-order valence-corrected chi connectivity index (χ0v) is 11.9. The summed E-state index contributed by atoms with van der Waals surface area (Å²) in [5, 5.41) is 3.55. The summed E-state index contributed by atoms with van der Waals surface area (Å²) in [5.41, 5.74) is 3.88. The molecule has 4 heteroatoms. The molecule has 0 spiro atoms.